The molecule has 0 saturated carbocycles. The lowest BCUT2D eigenvalue weighted by atomic mass is 11.0. The van der Waals surface area contributed by atoms with E-state index >= 15 is 0 Å². The largest absolute Gasteiger partial charge is 0.333 e. The van der Waals surface area contributed by atoms with Crippen molar-refractivity contribution in [2.75, 3.05) is 7.05 Å². The Morgan fingerprint density at radius 3 is 2.67 bits per heavy atom. The number of hydrogen-bond donors (Lipinski definition) is 0. The van der Waals surface area contributed by atoms with Crippen LogP contribution < -0.4 is 0 Å². The molecule has 7 heteroatoms. The predicted molar refractivity (Wildman–Crippen MR) is 28.1 cm³/mol. The van der Waals surface area contributed by atoms with Crippen molar-refractivity contribution in [2.24, 2.45) is 10.4 Å². The first-order chi connectivity index (χ1) is 4.22. The topological polar surface area (TPSA) is 98.5 Å². The summed E-state index contributed by atoms with van der Waals surface area (Å²) in [5.41, 5.74) is 7.65. The molecule has 0 aliphatic heterocycles. The second-order valence-electron chi connectivity index (χ2n) is 1.08. The second kappa shape index (κ2) is 3.39. The van der Waals surface area contributed by atoms with Crippen LogP contribution in [0.15, 0.2) is 10.4 Å². The van der Waals surface area contributed by atoms with Crippen LogP contribution >= 0.6 is 0 Å². The molecule has 0 radical (unpaired) electrons. The zero-order chi connectivity index (χ0) is 7.28. The van der Waals surface area contributed by atoms with E-state index in [-0.39, 0.29) is 0 Å². The fourth-order valence-electron chi connectivity index (χ4n) is 0.138. The van der Waals surface area contributed by atoms with Crippen molar-refractivity contribution in [1.82, 2.24) is 5.01 Å². The molecule has 0 N–H and O–H groups in total. The third-order valence-corrected chi connectivity index (χ3v) is 0.530. The molecule has 9 heavy (non-hydrogen) atoms. The van der Waals surface area contributed by atoms with E-state index in [2.05, 4.69) is 15.3 Å². The maximum atomic E-state index is 10.2. The summed E-state index contributed by atoms with van der Waals surface area (Å²) in [5.74, 6) is 0. The monoisotopic (exact) mass is 129 g/mol. The smallest absolute Gasteiger partial charge is 0.265 e. The van der Waals surface area contributed by atoms with Gasteiger partial charge in [-0.2, -0.15) is 5.01 Å². The molecule has 0 aliphatic rings. The lowest BCUT2D eigenvalue weighted by Gasteiger charge is -1.97. The van der Waals surface area contributed by atoms with Crippen molar-refractivity contribution in [3.05, 3.63) is 15.3 Å². The highest BCUT2D eigenvalue weighted by Gasteiger charge is 2.02. The Kier molecular flexibility index (Phi) is 2.78. The van der Waals surface area contributed by atoms with Crippen molar-refractivity contribution in [3.8, 4) is 0 Å². The van der Waals surface area contributed by atoms with E-state index in [1.807, 2.05) is 0 Å². The van der Waals surface area contributed by atoms with E-state index in [0.717, 1.165) is 7.05 Å². The van der Waals surface area contributed by atoms with Gasteiger partial charge < -0.3 is 0 Å². The minimum absolute atomic E-state index is 0.389. The lowest BCUT2D eigenvalue weighted by Crippen LogP contribution is -2.14. The van der Waals surface area contributed by atoms with Crippen LogP contribution in [0.1, 0.15) is 0 Å². The quantitative estimate of drug-likeness (QED) is 0.173. The third-order valence-electron chi connectivity index (χ3n) is 0.530. The van der Waals surface area contributed by atoms with Crippen molar-refractivity contribution >= 4 is 6.03 Å². The Bertz CT molecular complexity index is 170. The number of nitroso groups, excluding NO2 is 1. The van der Waals surface area contributed by atoms with Crippen LogP contribution in [0.5, 0.6) is 0 Å². The molecule has 0 aromatic heterocycles. The molecule has 0 atom stereocenters. The summed E-state index contributed by atoms with van der Waals surface area (Å²) in [6.07, 6.45) is 0. The van der Waals surface area contributed by atoms with Crippen LogP contribution in [0.4, 0.5) is 4.79 Å². The van der Waals surface area contributed by atoms with Gasteiger partial charge in [-0.15, -0.1) is 4.91 Å². The van der Waals surface area contributed by atoms with Gasteiger partial charge in [0.2, 0.25) is 0 Å². The Labute approximate surface area is 49.8 Å². The highest BCUT2D eigenvalue weighted by Crippen LogP contribution is 1.87. The van der Waals surface area contributed by atoms with Crippen molar-refractivity contribution in [3.63, 3.8) is 0 Å². The van der Waals surface area contributed by atoms with E-state index < -0.39 is 6.03 Å². The predicted octanol–water partition coefficient (Wildman–Crippen LogP) is 1.03. The van der Waals surface area contributed by atoms with E-state index in [1.54, 1.807) is 0 Å². The van der Waals surface area contributed by atoms with Crippen LogP contribution in [0.3, 0.4) is 0 Å². The van der Waals surface area contributed by atoms with Gasteiger partial charge in [0, 0.05) is 17.1 Å². The number of carbonyl (C=O) groups is 1. The second-order valence-corrected chi connectivity index (χ2v) is 1.08. The molecule has 0 aromatic carbocycles. The first-order valence-corrected chi connectivity index (χ1v) is 1.88. The zero-order valence-corrected chi connectivity index (χ0v) is 4.55. The van der Waals surface area contributed by atoms with E-state index in [1.165, 1.54) is 0 Å². The van der Waals surface area contributed by atoms with Gasteiger partial charge >= 0.3 is 6.03 Å². The van der Waals surface area contributed by atoms with Crippen LogP contribution in [-0.2, 0) is 0 Å². The molecule has 0 unspecified atom stereocenters. The Morgan fingerprint density at radius 2 is 2.33 bits per heavy atom. The number of carbonyl (C=O) groups excluding carboxylic acids is 1. The normalized spacial score (nSPS) is 7.22. The molecule has 0 bridgehead atoms. The minimum Gasteiger partial charge on any atom is -0.265 e. The van der Waals surface area contributed by atoms with Gasteiger partial charge in [-0.05, 0) is 5.53 Å². The Balaban J connectivity index is 4.03. The van der Waals surface area contributed by atoms with Gasteiger partial charge in [0.25, 0.3) is 0 Å². The Morgan fingerprint density at radius 1 is 1.78 bits per heavy atom. The maximum absolute atomic E-state index is 10.2. The molecule has 0 aromatic rings. The first kappa shape index (κ1) is 7.38. The van der Waals surface area contributed by atoms with Crippen LogP contribution in [-0.4, -0.2) is 18.1 Å². The summed E-state index contributed by atoms with van der Waals surface area (Å²) < 4.78 is 0. The van der Waals surface area contributed by atoms with Crippen molar-refractivity contribution in [2.45, 2.75) is 0 Å². The maximum Gasteiger partial charge on any atom is 0.333 e. The van der Waals surface area contributed by atoms with Gasteiger partial charge in [0.1, 0.15) is 0 Å². The molecule has 48 valence electrons. The van der Waals surface area contributed by atoms with Crippen LogP contribution in [0.25, 0.3) is 10.4 Å². The standard InChI is InChI=1S/C2H3N5O2/c1-7(6-9)2(8)4-5-3/h1H3. The molecule has 2 amide bonds. The molecule has 0 heterocycles. The van der Waals surface area contributed by atoms with Gasteiger partial charge in [-0.1, -0.05) is 0 Å². The van der Waals surface area contributed by atoms with Crippen LogP contribution in [0.2, 0.25) is 0 Å². The molecule has 0 rings (SSSR count). The van der Waals surface area contributed by atoms with E-state index in [0.29, 0.717) is 5.01 Å². The molecule has 0 aliphatic carbocycles. The fourth-order valence-corrected chi connectivity index (χ4v) is 0.138. The van der Waals surface area contributed by atoms with Gasteiger partial charge in [-0.3, -0.25) is 4.79 Å². The van der Waals surface area contributed by atoms with E-state index in [9.17, 15) is 9.70 Å². The first-order valence-electron chi connectivity index (χ1n) is 1.88. The summed E-state index contributed by atoms with van der Waals surface area (Å²) >= 11 is 0. The number of amides is 2. The number of urea groups is 1. The summed E-state index contributed by atoms with van der Waals surface area (Å²) in [6, 6.07) is -1.02. The number of nitrogens with zero attached hydrogens (tertiary/aromatic N) is 5. The molecule has 0 saturated heterocycles. The van der Waals surface area contributed by atoms with Gasteiger partial charge in [0.15, 0.2) is 0 Å². The van der Waals surface area contributed by atoms with Gasteiger partial charge in [-0.25, -0.2) is 0 Å². The summed E-state index contributed by atoms with van der Waals surface area (Å²) in [7, 11) is 1.09. The lowest BCUT2D eigenvalue weighted by molar-refractivity contribution is 0.219. The van der Waals surface area contributed by atoms with Crippen LogP contribution in [0, 0.1) is 4.91 Å². The van der Waals surface area contributed by atoms with E-state index in [4.69, 9.17) is 5.53 Å². The molecule has 0 fully saturated rings. The highest BCUT2D eigenvalue weighted by atomic mass is 16.3. The molecule has 0 spiro atoms. The summed E-state index contributed by atoms with van der Waals surface area (Å²) in [4.78, 5) is 21.8. The third kappa shape index (κ3) is 2.25. The average molecular weight is 129 g/mol. The highest BCUT2D eigenvalue weighted by molar-refractivity contribution is 5.74. The molecular weight excluding hydrogens is 126 g/mol. The summed E-state index contributed by atoms with van der Waals surface area (Å²) in [5, 5.41) is 5.13. The fraction of sp³-hybridized carbons (Fsp3) is 0.500. The minimum atomic E-state index is -1.02. The molecular formula is C2H3N5O2. The summed E-state index contributed by atoms with van der Waals surface area (Å²) in [6.45, 7) is 0. The van der Waals surface area contributed by atoms with Crippen molar-refractivity contribution < 1.29 is 4.79 Å². The number of azide groups is 1. The molecule has 7 nitrogen and oxygen atoms in total. The van der Waals surface area contributed by atoms with Gasteiger partial charge in [0.05, 0.1) is 5.29 Å². The van der Waals surface area contributed by atoms with Crippen molar-refractivity contribution in [1.29, 1.82) is 0 Å². The number of rotatable bonds is 1. The number of hydrogen-bond acceptors (Lipinski definition) is 3. The Hall–Kier alpha value is -1.62. The zero-order valence-electron chi connectivity index (χ0n) is 4.55. The SMILES string of the molecule is CN(N=O)C(=O)N=[N+]=[N-]. The average Bonchev–Trinajstić information content (AvgIpc) is 1.87.